The van der Waals surface area contributed by atoms with Crippen molar-refractivity contribution in [2.75, 3.05) is 6.54 Å². The zero-order valence-corrected chi connectivity index (χ0v) is 9.80. The number of aromatic nitrogens is 1. The van der Waals surface area contributed by atoms with Crippen molar-refractivity contribution >= 4 is 10.8 Å². The van der Waals surface area contributed by atoms with Crippen LogP contribution in [-0.4, -0.2) is 11.5 Å². The first-order chi connectivity index (χ1) is 8.13. The van der Waals surface area contributed by atoms with Crippen molar-refractivity contribution in [2.45, 2.75) is 19.9 Å². The molecular weight excluding hydrogens is 222 g/mol. The summed E-state index contributed by atoms with van der Waals surface area (Å²) in [6, 6.07) is 2.47. The molecule has 90 valence electrons. The quantitative estimate of drug-likeness (QED) is 0.885. The second-order valence-corrected chi connectivity index (χ2v) is 4.00. The molecule has 17 heavy (non-hydrogen) atoms. The third kappa shape index (κ3) is 2.26. The van der Waals surface area contributed by atoms with E-state index in [4.69, 9.17) is 0 Å². The van der Waals surface area contributed by atoms with E-state index in [1.165, 1.54) is 12.1 Å². The highest BCUT2D eigenvalue weighted by atomic mass is 19.2. The van der Waals surface area contributed by atoms with E-state index < -0.39 is 11.6 Å². The van der Waals surface area contributed by atoms with Crippen molar-refractivity contribution in [1.29, 1.82) is 0 Å². The fourth-order valence-corrected chi connectivity index (χ4v) is 1.95. The monoisotopic (exact) mass is 236 g/mol. The molecule has 0 fully saturated rings. The number of nitrogens with zero attached hydrogens (tertiary/aromatic N) is 1. The topological polar surface area (TPSA) is 24.9 Å². The van der Waals surface area contributed by atoms with Crippen molar-refractivity contribution in [2.24, 2.45) is 0 Å². The molecule has 0 spiro atoms. The summed E-state index contributed by atoms with van der Waals surface area (Å²) in [4.78, 5) is 4.06. The first kappa shape index (κ1) is 11.9. The maximum absolute atomic E-state index is 13.3. The van der Waals surface area contributed by atoms with Crippen LogP contribution >= 0.6 is 0 Å². The Balaban J connectivity index is 2.60. The van der Waals surface area contributed by atoms with E-state index in [2.05, 4.69) is 10.3 Å². The number of hydrogen-bond donors (Lipinski definition) is 1. The van der Waals surface area contributed by atoms with Crippen LogP contribution in [0.5, 0.6) is 0 Å². The molecule has 4 heteroatoms. The van der Waals surface area contributed by atoms with Crippen LogP contribution < -0.4 is 5.32 Å². The lowest BCUT2D eigenvalue weighted by molar-refractivity contribution is 0.510. The Morgan fingerprint density at radius 3 is 2.65 bits per heavy atom. The summed E-state index contributed by atoms with van der Waals surface area (Å²) in [5.41, 5.74) is 0.878. The van der Waals surface area contributed by atoms with Gasteiger partial charge in [-0.1, -0.05) is 6.92 Å². The van der Waals surface area contributed by atoms with E-state index in [0.717, 1.165) is 12.1 Å². The first-order valence-electron chi connectivity index (χ1n) is 5.59. The predicted octanol–water partition coefficient (Wildman–Crippen LogP) is 3.18. The number of halogens is 2. The third-order valence-electron chi connectivity index (χ3n) is 2.81. The molecule has 0 aliphatic rings. The van der Waals surface area contributed by atoms with Crippen LogP contribution in [0.3, 0.4) is 0 Å². The predicted molar refractivity (Wildman–Crippen MR) is 63.8 cm³/mol. The molecule has 0 aliphatic carbocycles. The van der Waals surface area contributed by atoms with Crippen LogP contribution in [-0.2, 0) is 0 Å². The van der Waals surface area contributed by atoms with E-state index in [1.807, 2.05) is 13.8 Å². The summed E-state index contributed by atoms with van der Waals surface area (Å²) in [6.45, 7) is 4.78. The Hall–Kier alpha value is -1.55. The first-order valence-corrected chi connectivity index (χ1v) is 5.59. The SMILES string of the molecule is CCNC(C)c1cncc2cc(F)c(F)cc12. The maximum atomic E-state index is 13.3. The highest BCUT2D eigenvalue weighted by Gasteiger charge is 2.11. The normalized spacial score (nSPS) is 12.9. The van der Waals surface area contributed by atoms with Gasteiger partial charge in [-0.15, -0.1) is 0 Å². The minimum absolute atomic E-state index is 0.0565. The molecule has 0 aliphatic heterocycles. The molecule has 0 bridgehead atoms. The highest BCUT2D eigenvalue weighted by Crippen LogP contribution is 2.25. The van der Waals surface area contributed by atoms with Gasteiger partial charge < -0.3 is 5.32 Å². The molecule has 1 unspecified atom stereocenters. The van der Waals surface area contributed by atoms with Crippen molar-refractivity contribution in [1.82, 2.24) is 10.3 Å². The molecule has 1 heterocycles. The van der Waals surface area contributed by atoms with Crippen LogP contribution in [0.15, 0.2) is 24.5 Å². The minimum atomic E-state index is -0.840. The lowest BCUT2D eigenvalue weighted by Gasteiger charge is -2.14. The lowest BCUT2D eigenvalue weighted by atomic mass is 10.0. The highest BCUT2D eigenvalue weighted by molar-refractivity contribution is 5.85. The number of pyridine rings is 1. The molecule has 2 aromatic rings. The molecule has 1 aromatic heterocycles. The van der Waals surface area contributed by atoms with E-state index in [0.29, 0.717) is 10.8 Å². The zero-order chi connectivity index (χ0) is 12.4. The van der Waals surface area contributed by atoms with Crippen LogP contribution in [0.1, 0.15) is 25.5 Å². The molecule has 0 saturated carbocycles. The molecule has 1 N–H and O–H groups in total. The molecule has 1 atom stereocenters. The van der Waals surface area contributed by atoms with Gasteiger partial charge in [0.15, 0.2) is 11.6 Å². The Morgan fingerprint density at radius 1 is 1.24 bits per heavy atom. The molecule has 2 nitrogen and oxygen atoms in total. The smallest absolute Gasteiger partial charge is 0.159 e. The average molecular weight is 236 g/mol. The number of nitrogens with one attached hydrogen (secondary N) is 1. The van der Waals surface area contributed by atoms with Gasteiger partial charge in [-0.05, 0) is 36.6 Å². The number of benzene rings is 1. The van der Waals surface area contributed by atoms with E-state index >= 15 is 0 Å². The largest absolute Gasteiger partial charge is 0.310 e. The van der Waals surface area contributed by atoms with Gasteiger partial charge in [0.05, 0.1) is 0 Å². The third-order valence-corrected chi connectivity index (χ3v) is 2.81. The van der Waals surface area contributed by atoms with Crippen LogP contribution in [0, 0.1) is 11.6 Å². The number of rotatable bonds is 3. The summed E-state index contributed by atoms with van der Waals surface area (Å²) in [5.74, 6) is -1.67. The van der Waals surface area contributed by atoms with Gasteiger partial charge in [0.1, 0.15) is 0 Å². The van der Waals surface area contributed by atoms with Crippen molar-refractivity contribution in [3.8, 4) is 0 Å². The summed E-state index contributed by atoms with van der Waals surface area (Å²) in [6.07, 6.45) is 3.23. The zero-order valence-electron chi connectivity index (χ0n) is 9.80. The van der Waals surface area contributed by atoms with E-state index in [-0.39, 0.29) is 6.04 Å². The molecule has 2 rings (SSSR count). The van der Waals surface area contributed by atoms with Gasteiger partial charge in [0.2, 0.25) is 0 Å². The van der Waals surface area contributed by atoms with Crippen molar-refractivity contribution < 1.29 is 8.78 Å². The van der Waals surface area contributed by atoms with Gasteiger partial charge in [0, 0.05) is 23.8 Å². The van der Waals surface area contributed by atoms with E-state index in [1.54, 1.807) is 12.4 Å². The second kappa shape index (κ2) is 4.75. The summed E-state index contributed by atoms with van der Waals surface area (Å²) < 4.78 is 26.4. The Bertz CT molecular complexity index is 540. The lowest BCUT2D eigenvalue weighted by Crippen LogP contribution is -2.18. The van der Waals surface area contributed by atoms with Gasteiger partial charge >= 0.3 is 0 Å². The summed E-state index contributed by atoms with van der Waals surface area (Å²) in [7, 11) is 0. The molecule has 0 amide bonds. The van der Waals surface area contributed by atoms with Gasteiger partial charge in [0.25, 0.3) is 0 Å². The number of hydrogen-bond acceptors (Lipinski definition) is 2. The molecular formula is C13H14F2N2. The van der Waals surface area contributed by atoms with Gasteiger partial charge in [-0.25, -0.2) is 8.78 Å². The van der Waals surface area contributed by atoms with Crippen LogP contribution in [0.2, 0.25) is 0 Å². The van der Waals surface area contributed by atoms with Crippen molar-refractivity contribution in [3.63, 3.8) is 0 Å². The van der Waals surface area contributed by atoms with Gasteiger partial charge in [-0.2, -0.15) is 0 Å². The fourth-order valence-electron chi connectivity index (χ4n) is 1.95. The van der Waals surface area contributed by atoms with E-state index in [9.17, 15) is 8.78 Å². The standard InChI is InChI=1S/C13H14F2N2/c1-3-17-8(2)11-7-16-6-9-4-12(14)13(15)5-10(9)11/h4-8,17H,3H2,1-2H3. The Kier molecular flexibility index (Phi) is 3.33. The molecule has 0 radical (unpaired) electrons. The fraction of sp³-hybridized carbons (Fsp3) is 0.308. The maximum Gasteiger partial charge on any atom is 0.159 e. The van der Waals surface area contributed by atoms with Crippen LogP contribution in [0.25, 0.3) is 10.8 Å². The molecule has 0 saturated heterocycles. The van der Waals surface area contributed by atoms with Gasteiger partial charge in [-0.3, -0.25) is 4.98 Å². The Morgan fingerprint density at radius 2 is 1.94 bits per heavy atom. The van der Waals surface area contributed by atoms with Crippen molar-refractivity contribution in [3.05, 3.63) is 41.7 Å². The Labute approximate surface area is 98.7 Å². The minimum Gasteiger partial charge on any atom is -0.310 e. The number of fused-ring (bicyclic) bond motifs is 1. The second-order valence-electron chi connectivity index (χ2n) is 4.00. The average Bonchev–Trinajstić information content (AvgIpc) is 2.30. The van der Waals surface area contributed by atoms with Crippen LogP contribution in [0.4, 0.5) is 8.78 Å². The summed E-state index contributed by atoms with van der Waals surface area (Å²) >= 11 is 0. The summed E-state index contributed by atoms with van der Waals surface area (Å²) in [5, 5.41) is 4.55. The molecule has 1 aromatic carbocycles.